The molecular weight excluding hydrogens is 232 g/mol. The highest BCUT2D eigenvalue weighted by molar-refractivity contribution is 7.10. The summed E-state index contributed by atoms with van der Waals surface area (Å²) in [4.78, 5) is 3.70. The van der Waals surface area contributed by atoms with Gasteiger partial charge in [0.15, 0.2) is 0 Å². The average Bonchev–Trinajstić information content (AvgIpc) is 2.89. The molecule has 3 nitrogen and oxygen atoms in total. The van der Waals surface area contributed by atoms with E-state index in [9.17, 15) is 5.11 Å². The monoisotopic (exact) mass is 254 g/mol. The summed E-state index contributed by atoms with van der Waals surface area (Å²) in [5.41, 5.74) is 6.15. The smallest absolute Gasteiger partial charge is 0.0594 e. The average molecular weight is 254 g/mol. The second-order valence-electron chi connectivity index (χ2n) is 5.07. The molecular formula is C13H22N2OS. The zero-order valence-electron chi connectivity index (χ0n) is 10.5. The number of nitrogens with two attached hydrogens (primary N) is 1. The van der Waals surface area contributed by atoms with Crippen molar-refractivity contribution in [2.45, 2.75) is 38.4 Å². The molecule has 0 spiro atoms. The van der Waals surface area contributed by atoms with Crippen LogP contribution in [0.3, 0.4) is 0 Å². The van der Waals surface area contributed by atoms with Gasteiger partial charge in [-0.25, -0.2) is 0 Å². The Labute approximate surface area is 107 Å². The van der Waals surface area contributed by atoms with Gasteiger partial charge in [0.1, 0.15) is 0 Å². The molecule has 0 bridgehead atoms. The van der Waals surface area contributed by atoms with Gasteiger partial charge in [-0.3, -0.25) is 4.90 Å². The van der Waals surface area contributed by atoms with E-state index in [0.29, 0.717) is 5.92 Å². The van der Waals surface area contributed by atoms with Crippen LogP contribution < -0.4 is 5.73 Å². The van der Waals surface area contributed by atoms with Gasteiger partial charge < -0.3 is 10.8 Å². The number of hydrogen-bond donors (Lipinski definition) is 2. The molecule has 2 rings (SSSR count). The maximum absolute atomic E-state index is 9.56. The summed E-state index contributed by atoms with van der Waals surface area (Å²) in [5, 5.41) is 11.7. The number of rotatable bonds is 4. The van der Waals surface area contributed by atoms with Crippen LogP contribution in [-0.2, 0) is 0 Å². The van der Waals surface area contributed by atoms with Crippen LogP contribution >= 0.6 is 11.3 Å². The number of aliphatic hydroxyl groups excluding tert-OH is 1. The molecule has 1 aromatic rings. The third-order valence-corrected chi connectivity index (χ3v) is 4.75. The van der Waals surface area contributed by atoms with Gasteiger partial charge in [0.05, 0.1) is 12.6 Å². The fraction of sp³-hybridized carbons (Fsp3) is 0.692. The standard InChI is InChI=1S/C13H22N2OS/c1-9-5-6-15(11(9)8-16)13(10(2)14)12-4-3-7-17-12/h3-4,7,9-11,13,16H,5-6,8,14H2,1-2H3. The van der Waals surface area contributed by atoms with Crippen LogP contribution in [0.25, 0.3) is 0 Å². The van der Waals surface area contributed by atoms with Crippen molar-refractivity contribution in [3.8, 4) is 0 Å². The molecule has 2 heterocycles. The van der Waals surface area contributed by atoms with Crippen LogP contribution in [0.15, 0.2) is 17.5 Å². The summed E-state index contributed by atoms with van der Waals surface area (Å²) in [6.07, 6.45) is 1.15. The molecule has 1 fully saturated rings. The summed E-state index contributed by atoms with van der Waals surface area (Å²) < 4.78 is 0. The molecule has 4 atom stereocenters. The van der Waals surface area contributed by atoms with E-state index in [1.807, 2.05) is 0 Å². The van der Waals surface area contributed by atoms with Crippen molar-refractivity contribution in [3.63, 3.8) is 0 Å². The quantitative estimate of drug-likeness (QED) is 0.862. The lowest BCUT2D eigenvalue weighted by Crippen LogP contribution is -2.44. The number of likely N-dealkylation sites (tertiary alicyclic amines) is 1. The van der Waals surface area contributed by atoms with Gasteiger partial charge in [-0.2, -0.15) is 0 Å². The third-order valence-electron chi connectivity index (χ3n) is 3.80. The first-order valence-corrected chi connectivity index (χ1v) is 7.18. The van der Waals surface area contributed by atoms with E-state index in [1.165, 1.54) is 4.88 Å². The predicted octanol–water partition coefficient (Wildman–Crippen LogP) is 1.84. The maximum Gasteiger partial charge on any atom is 0.0594 e. The number of thiophene rings is 1. The second-order valence-corrected chi connectivity index (χ2v) is 6.05. The van der Waals surface area contributed by atoms with Crippen LogP contribution in [0.2, 0.25) is 0 Å². The zero-order valence-corrected chi connectivity index (χ0v) is 11.4. The highest BCUT2D eigenvalue weighted by Crippen LogP contribution is 2.35. The Bertz CT molecular complexity index is 339. The summed E-state index contributed by atoms with van der Waals surface area (Å²) in [6, 6.07) is 4.82. The molecule has 0 saturated carbocycles. The molecule has 1 aromatic heterocycles. The molecule has 1 aliphatic rings. The summed E-state index contributed by atoms with van der Waals surface area (Å²) >= 11 is 1.76. The van der Waals surface area contributed by atoms with Crippen LogP contribution in [0, 0.1) is 5.92 Å². The minimum Gasteiger partial charge on any atom is -0.395 e. The first-order valence-electron chi connectivity index (χ1n) is 6.30. The molecule has 96 valence electrons. The van der Waals surface area contributed by atoms with Crippen LogP contribution in [0.1, 0.15) is 31.2 Å². The molecule has 3 N–H and O–H groups in total. The van der Waals surface area contributed by atoms with Crippen LogP contribution in [-0.4, -0.2) is 35.2 Å². The molecule has 0 amide bonds. The topological polar surface area (TPSA) is 49.5 Å². The van der Waals surface area contributed by atoms with Gasteiger partial charge in [0, 0.05) is 17.0 Å². The molecule has 4 unspecified atom stereocenters. The lowest BCUT2D eigenvalue weighted by molar-refractivity contribution is 0.0942. The van der Waals surface area contributed by atoms with Crippen molar-refractivity contribution in [2.24, 2.45) is 11.7 Å². The van der Waals surface area contributed by atoms with Gasteiger partial charge in [-0.1, -0.05) is 13.0 Å². The van der Waals surface area contributed by atoms with Gasteiger partial charge >= 0.3 is 0 Å². The summed E-state index contributed by atoms with van der Waals surface area (Å²) in [6.45, 7) is 5.54. The van der Waals surface area contributed by atoms with Crippen molar-refractivity contribution >= 4 is 11.3 Å². The van der Waals surface area contributed by atoms with E-state index in [-0.39, 0.29) is 24.7 Å². The lowest BCUT2D eigenvalue weighted by atomic mass is 10.0. The SMILES string of the molecule is CC(N)C(c1cccs1)N1CCC(C)C1CO. The lowest BCUT2D eigenvalue weighted by Gasteiger charge is -2.35. The van der Waals surface area contributed by atoms with Crippen molar-refractivity contribution in [3.05, 3.63) is 22.4 Å². The number of aliphatic hydroxyl groups is 1. The Balaban J connectivity index is 2.22. The van der Waals surface area contributed by atoms with Gasteiger partial charge in [0.25, 0.3) is 0 Å². The largest absolute Gasteiger partial charge is 0.395 e. The van der Waals surface area contributed by atoms with Gasteiger partial charge in [-0.05, 0) is 37.3 Å². The van der Waals surface area contributed by atoms with E-state index >= 15 is 0 Å². The minimum absolute atomic E-state index is 0.0907. The molecule has 1 saturated heterocycles. The van der Waals surface area contributed by atoms with Crippen molar-refractivity contribution in [1.29, 1.82) is 0 Å². The highest BCUT2D eigenvalue weighted by atomic mass is 32.1. The highest BCUT2D eigenvalue weighted by Gasteiger charge is 2.37. The molecule has 0 aliphatic carbocycles. The first-order chi connectivity index (χ1) is 8.15. The minimum atomic E-state index is 0.0907. The number of nitrogens with zero attached hydrogens (tertiary/aromatic N) is 1. The molecule has 17 heavy (non-hydrogen) atoms. The second kappa shape index (κ2) is 5.48. The Morgan fingerprint density at radius 1 is 1.65 bits per heavy atom. The van der Waals surface area contributed by atoms with E-state index in [2.05, 4.69) is 36.3 Å². The van der Waals surface area contributed by atoms with E-state index < -0.39 is 0 Å². The first kappa shape index (κ1) is 13.0. The molecule has 0 radical (unpaired) electrons. The Kier molecular flexibility index (Phi) is 4.20. The van der Waals surface area contributed by atoms with Crippen LogP contribution in [0.4, 0.5) is 0 Å². The normalized spacial score (nSPS) is 29.4. The van der Waals surface area contributed by atoms with Gasteiger partial charge in [-0.15, -0.1) is 11.3 Å². The Morgan fingerprint density at radius 2 is 2.41 bits per heavy atom. The summed E-state index contributed by atoms with van der Waals surface area (Å²) in [7, 11) is 0. The molecule has 1 aliphatic heterocycles. The van der Waals surface area contributed by atoms with Crippen molar-refractivity contribution in [2.75, 3.05) is 13.2 Å². The van der Waals surface area contributed by atoms with E-state index in [1.54, 1.807) is 11.3 Å². The zero-order chi connectivity index (χ0) is 12.4. The maximum atomic E-state index is 9.56. The van der Waals surface area contributed by atoms with E-state index in [4.69, 9.17) is 5.73 Å². The van der Waals surface area contributed by atoms with Gasteiger partial charge in [0.2, 0.25) is 0 Å². The Hall–Kier alpha value is -0.420. The van der Waals surface area contributed by atoms with E-state index in [0.717, 1.165) is 13.0 Å². The molecule has 0 aromatic carbocycles. The van der Waals surface area contributed by atoms with Crippen molar-refractivity contribution in [1.82, 2.24) is 4.90 Å². The van der Waals surface area contributed by atoms with Crippen molar-refractivity contribution < 1.29 is 5.11 Å². The third kappa shape index (κ3) is 2.55. The summed E-state index contributed by atoms with van der Waals surface area (Å²) in [5.74, 6) is 0.557. The fourth-order valence-electron chi connectivity index (χ4n) is 2.85. The van der Waals surface area contributed by atoms with Crippen LogP contribution in [0.5, 0.6) is 0 Å². The Morgan fingerprint density at radius 3 is 2.94 bits per heavy atom. The number of hydrogen-bond acceptors (Lipinski definition) is 4. The molecule has 4 heteroatoms. The fourth-order valence-corrected chi connectivity index (χ4v) is 3.81. The predicted molar refractivity (Wildman–Crippen MR) is 72.1 cm³/mol.